The summed E-state index contributed by atoms with van der Waals surface area (Å²) >= 11 is 0. The van der Waals surface area contributed by atoms with Gasteiger partial charge in [-0.05, 0) is 65.0 Å². The average molecular weight is 692 g/mol. The van der Waals surface area contributed by atoms with Crippen molar-refractivity contribution in [3.8, 4) is 5.88 Å². The Morgan fingerprint density at radius 1 is 0.913 bits per heavy atom. The van der Waals surface area contributed by atoms with Gasteiger partial charge >= 0.3 is 0 Å². The molecule has 0 unspecified atom stereocenters. The summed E-state index contributed by atoms with van der Waals surface area (Å²) in [7, 11) is -6.83. The van der Waals surface area contributed by atoms with E-state index in [1.54, 1.807) is 12.4 Å². The Balaban J connectivity index is 2.25. The number of azide groups is 1. The van der Waals surface area contributed by atoms with E-state index >= 15 is 0 Å². The molecule has 15 heteroatoms. The van der Waals surface area contributed by atoms with Crippen LogP contribution < -0.4 is 4.74 Å². The number of fused-ring (bicyclic) bond motifs is 1. The van der Waals surface area contributed by atoms with Gasteiger partial charge in [-0.2, -0.15) is 4.98 Å². The van der Waals surface area contributed by atoms with Crippen LogP contribution in [0.25, 0.3) is 21.6 Å². The number of aromatic nitrogens is 4. The molecule has 3 rings (SSSR count). The van der Waals surface area contributed by atoms with Crippen molar-refractivity contribution in [2.75, 3.05) is 13.2 Å². The first-order chi connectivity index (χ1) is 20.9. The lowest BCUT2D eigenvalue weighted by molar-refractivity contribution is -0.0470. The molecule has 0 spiro atoms. The van der Waals surface area contributed by atoms with Crippen molar-refractivity contribution in [2.45, 2.75) is 141 Å². The Hall–Kier alpha value is -2.11. The van der Waals surface area contributed by atoms with E-state index in [9.17, 15) is 5.53 Å². The largest absolute Gasteiger partial charge is 0.472 e. The molecule has 0 aromatic carbocycles. The van der Waals surface area contributed by atoms with E-state index in [0.29, 0.717) is 17.8 Å². The lowest BCUT2D eigenvalue weighted by Gasteiger charge is -2.44. The van der Waals surface area contributed by atoms with Gasteiger partial charge in [0.1, 0.15) is 24.9 Å². The van der Waals surface area contributed by atoms with Gasteiger partial charge in [0.25, 0.3) is 0 Å². The van der Waals surface area contributed by atoms with Gasteiger partial charge < -0.3 is 22.8 Å². The molecule has 0 amide bonds. The number of ether oxygens (including phenoxy) is 2. The smallest absolute Gasteiger partial charge is 0.246 e. The molecule has 0 aliphatic carbocycles. The predicted octanol–water partition coefficient (Wildman–Crippen LogP) is 9.03. The van der Waals surface area contributed by atoms with Gasteiger partial charge in [0.2, 0.25) is 11.8 Å². The lowest BCUT2D eigenvalue weighted by atomic mass is 10.1. The molecule has 2 aromatic rings. The van der Waals surface area contributed by atoms with Gasteiger partial charge in [-0.15, -0.1) is 0 Å². The van der Waals surface area contributed by atoms with E-state index in [4.69, 9.17) is 22.8 Å². The molecule has 4 atom stereocenters. The van der Waals surface area contributed by atoms with Crippen LogP contribution in [-0.4, -0.2) is 76.0 Å². The number of hydrogen-bond acceptors (Lipinski definition) is 9. The first-order valence-corrected chi connectivity index (χ1v) is 24.8. The summed E-state index contributed by atoms with van der Waals surface area (Å²) in [5, 5.41) is 3.58. The van der Waals surface area contributed by atoms with Crippen LogP contribution in [0, 0.1) is 0 Å². The van der Waals surface area contributed by atoms with Crippen LogP contribution in [0.1, 0.15) is 68.5 Å². The number of nitrogens with zero attached hydrogens (tertiary/aromatic N) is 7. The second kappa shape index (κ2) is 13.4. The minimum atomic E-state index is -2.37. The Bertz CT molecular complexity index is 1440. The molecule has 2 aromatic heterocycles. The maximum atomic E-state index is 9.20. The minimum absolute atomic E-state index is 0.0226. The predicted molar refractivity (Wildman–Crippen MR) is 191 cm³/mol. The van der Waals surface area contributed by atoms with Crippen LogP contribution in [0.5, 0.6) is 5.88 Å². The van der Waals surface area contributed by atoms with Crippen LogP contribution in [0.15, 0.2) is 24.1 Å². The molecule has 1 saturated heterocycles. The normalized spacial score (nSPS) is 21.8. The van der Waals surface area contributed by atoms with E-state index in [1.807, 2.05) is 4.57 Å². The highest BCUT2D eigenvalue weighted by Gasteiger charge is 2.55. The third-order valence-corrected chi connectivity index (χ3v) is 23.7. The van der Waals surface area contributed by atoms with Crippen LogP contribution in [0.3, 0.4) is 0 Å². The molecule has 0 N–H and O–H groups in total. The van der Waals surface area contributed by atoms with E-state index < -0.39 is 49.5 Å². The Morgan fingerprint density at radius 2 is 1.46 bits per heavy atom. The van der Waals surface area contributed by atoms with E-state index in [0.717, 1.165) is 0 Å². The zero-order chi connectivity index (χ0) is 35.1. The van der Waals surface area contributed by atoms with Gasteiger partial charge in [-0.25, -0.2) is 9.97 Å². The van der Waals surface area contributed by atoms with E-state index in [1.165, 1.54) is 0 Å². The second-order valence-electron chi connectivity index (χ2n) is 16.8. The van der Waals surface area contributed by atoms with Crippen LogP contribution in [0.4, 0.5) is 5.95 Å². The molecule has 1 fully saturated rings. The van der Waals surface area contributed by atoms with Gasteiger partial charge in [0.05, 0.1) is 12.9 Å². The highest BCUT2D eigenvalue weighted by atomic mass is 28.4. The van der Waals surface area contributed by atoms with Gasteiger partial charge in [0, 0.05) is 4.91 Å². The molecule has 1 aliphatic heterocycles. The van der Waals surface area contributed by atoms with Gasteiger partial charge in [-0.3, -0.25) is 4.57 Å². The molecular weight excluding hydrogens is 635 g/mol. The summed E-state index contributed by atoms with van der Waals surface area (Å²) in [5.41, 5.74) is 10.0. The van der Waals surface area contributed by atoms with Crippen molar-refractivity contribution in [1.82, 2.24) is 19.5 Å². The summed E-state index contributed by atoms with van der Waals surface area (Å²) in [4.78, 5) is 16.4. The molecule has 0 saturated carbocycles. The van der Waals surface area contributed by atoms with Gasteiger partial charge in [0.15, 0.2) is 42.3 Å². The maximum absolute atomic E-state index is 9.20. The Morgan fingerprint density at radius 3 is 1.96 bits per heavy atom. The number of imidazole rings is 1. The lowest BCUT2D eigenvalue weighted by Crippen LogP contribution is -2.54. The summed E-state index contributed by atoms with van der Waals surface area (Å²) in [6.07, 6.45) is 1.26. The fraction of sp³-hybridized carbons (Fsp3) is 0.774. The van der Waals surface area contributed by atoms with Crippen molar-refractivity contribution in [2.24, 2.45) is 5.11 Å². The molecule has 0 radical (unpaired) electrons. The quantitative estimate of drug-likeness (QED) is 0.0706. The third-order valence-electron chi connectivity index (χ3n) is 10.3. The van der Waals surface area contributed by atoms with Crippen LogP contribution >= 0.6 is 0 Å². The number of hydrogen-bond donors (Lipinski definition) is 0. The summed E-state index contributed by atoms with van der Waals surface area (Å²) < 4.78 is 35.9. The highest BCUT2D eigenvalue weighted by molar-refractivity contribution is 6.75. The standard InChI is InChI=1S/C31H57N7O5Si3/c1-17-18-39-26-22-25(34-28(35-26)36-37-32)38(20-33-22)27-24(43-46(15,16)31(8,9)10)23(42-45(13,14)30(5,6)7)21(41-27)19-40-44(11,12)29(2,3)4/h17,20-21,23-24,27H,1,18-19H2,2-16H3/t21-,23-,24-,27-/m1/s1. The second-order valence-corrected chi connectivity index (χ2v) is 31.1. The van der Waals surface area contributed by atoms with Gasteiger partial charge in [-0.1, -0.05) is 75.0 Å². The van der Waals surface area contributed by atoms with Crippen LogP contribution in [-0.2, 0) is 18.0 Å². The Labute approximate surface area is 278 Å². The number of rotatable bonds is 12. The maximum Gasteiger partial charge on any atom is 0.246 e. The summed E-state index contributed by atoms with van der Waals surface area (Å²) in [5.74, 6) is 0.111. The fourth-order valence-electron chi connectivity index (χ4n) is 4.26. The van der Waals surface area contributed by atoms with E-state index in [-0.39, 0.29) is 33.6 Å². The van der Waals surface area contributed by atoms with Crippen molar-refractivity contribution >= 4 is 42.1 Å². The van der Waals surface area contributed by atoms with Crippen LogP contribution in [0.2, 0.25) is 54.4 Å². The highest BCUT2D eigenvalue weighted by Crippen LogP contribution is 2.47. The molecule has 258 valence electrons. The van der Waals surface area contributed by atoms with Crippen molar-refractivity contribution in [1.29, 1.82) is 0 Å². The molecule has 46 heavy (non-hydrogen) atoms. The summed E-state index contributed by atoms with van der Waals surface area (Å²) in [6.45, 7) is 37.8. The fourth-order valence-corrected chi connectivity index (χ4v) is 7.88. The molecule has 12 nitrogen and oxygen atoms in total. The van der Waals surface area contributed by atoms with E-state index in [2.05, 4.69) is 133 Å². The third kappa shape index (κ3) is 8.12. The average Bonchev–Trinajstić information content (AvgIpc) is 3.45. The molecule has 3 heterocycles. The SMILES string of the molecule is C=CCOc1nc(N=[N+]=[N-])nc2c1ncn2[C@@H]1O[C@H](CO[Si](C)(C)C(C)(C)C)[C@@H](O[Si](C)(C)C(C)(C)C)[C@H]1O[Si](C)(C)C(C)(C)C. The minimum Gasteiger partial charge on any atom is -0.472 e. The topological polar surface area (TPSA) is 139 Å². The zero-order valence-corrected chi connectivity index (χ0v) is 33.8. The van der Waals surface area contributed by atoms with Crippen molar-refractivity contribution in [3.63, 3.8) is 0 Å². The molecule has 1 aliphatic rings. The molecule has 0 bridgehead atoms. The first-order valence-electron chi connectivity index (χ1n) is 16.1. The van der Waals surface area contributed by atoms with Crippen molar-refractivity contribution in [3.05, 3.63) is 29.4 Å². The summed E-state index contributed by atoms with van der Waals surface area (Å²) in [6, 6.07) is 0. The zero-order valence-electron chi connectivity index (χ0n) is 30.8. The molecular formula is C31H57N7O5Si3. The monoisotopic (exact) mass is 691 g/mol. The first kappa shape index (κ1) is 38.3. The van der Waals surface area contributed by atoms with Crippen molar-refractivity contribution < 1.29 is 22.8 Å². The Kier molecular flexibility index (Phi) is 11.2.